The van der Waals surface area contributed by atoms with Gasteiger partial charge >= 0.3 is 0 Å². The van der Waals surface area contributed by atoms with Crippen LogP contribution in [0.15, 0.2) is 78.9 Å². The molecule has 3 aromatic carbocycles. The third kappa shape index (κ3) is 5.39. The first-order valence-electron chi connectivity index (χ1n) is 10.8. The minimum Gasteiger partial charge on any atom is -0.378 e. The third-order valence-corrected chi connectivity index (χ3v) is 8.15. The lowest BCUT2D eigenvalue weighted by Gasteiger charge is -2.30. The van der Waals surface area contributed by atoms with Crippen LogP contribution in [0.3, 0.4) is 0 Å². The summed E-state index contributed by atoms with van der Waals surface area (Å²) in [4.78, 5) is 2.03. The largest absolute Gasteiger partial charge is 0.378 e. The summed E-state index contributed by atoms with van der Waals surface area (Å²) in [5.41, 5.74) is 4.16. The number of hydrogen-bond donors (Lipinski definition) is 1. The second-order valence-electron chi connectivity index (χ2n) is 8.16. The number of anilines is 2. The van der Waals surface area contributed by atoms with Crippen LogP contribution in [-0.2, 0) is 9.09 Å². The highest BCUT2D eigenvalue weighted by atomic mass is 31.2. The average Bonchev–Trinajstić information content (AvgIpc) is 2.78. The molecule has 0 saturated carbocycles. The summed E-state index contributed by atoms with van der Waals surface area (Å²) in [7, 11) is 0.699. The van der Waals surface area contributed by atoms with Crippen molar-refractivity contribution in [2.45, 2.75) is 32.5 Å². The van der Waals surface area contributed by atoms with E-state index in [2.05, 4.69) is 43.4 Å². The second kappa shape index (κ2) is 10.2. The second-order valence-corrected chi connectivity index (χ2v) is 10.6. The van der Waals surface area contributed by atoms with E-state index in [-0.39, 0.29) is 0 Å². The standard InChI is InChI=1S/C26H33N2O2P/c1-6-30-31(29,25-18-16-24(17-19-25)28(4)5)26(27-23-10-8-7-9-11-23)22-14-12-21(13-15-22)20(2)3/h7-20,26-27H,6H2,1-5H3/t26-,31+/m0/s1. The summed E-state index contributed by atoms with van der Waals surface area (Å²) in [6.45, 7) is 6.60. The monoisotopic (exact) mass is 436 g/mol. The molecule has 3 aromatic rings. The van der Waals surface area contributed by atoms with Gasteiger partial charge in [-0.1, -0.05) is 56.3 Å². The molecule has 0 aliphatic rings. The molecule has 4 nitrogen and oxygen atoms in total. The molecule has 1 N–H and O–H groups in total. The minimum absolute atomic E-state index is 0.365. The van der Waals surface area contributed by atoms with Gasteiger partial charge in [0, 0.05) is 30.8 Å². The lowest BCUT2D eigenvalue weighted by atomic mass is 10.0. The number of rotatable bonds is 9. The van der Waals surface area contributed by atoms with E-state index in [0.29, 0.717) is 17.8 Å². The lowest BCUT2D eigenvalue weighted by molar-refractivity contribution is 0.335. The van der Waals surface area contributed by atoms with Crippen molar-refractivity contribution in [2.24, 2.45) is 0 Å². The first kappa shape index (κ1) is 23.1. The highest BCUT2D eigenvalue weighted by Crippen LogP contribution is 2.59. The lowest BCUT2D eigenvalue weighted by Crippen LogP contribution is -2.21. The zero-order chi connectivity index (χ0) is 22.4. The molecule has 0 unspecified atom stereocenters. The molecule has 0 amide bonds. The molecule has 2 atom stereocenters. The molecule has 0 saturated heterocycles. The molecule has 0 aliphatic heterocycles. The topological polar surface area (TPSA) is 41.6 Å². The smallest absolute Gasteiger partial charge is 0.258 e. The van der Waals surface area contributed by atoms with Crippen LogP contribution in [0, 0.1) is 0 Å². The fraction of sp³-hybridized carbons (Fsp3) is 0.308. The van der Waals surface area contributed by atoms with Gasteiger partial charge in [0.2, 0.25) is 0 Å². The zero-order valence-corrected chi connectivity index (χ0v) is 20.0. The van der Waals surface area contributed by atoms with E-state index in [1.54, 1.807) is 0 Å². The van der Waals surface area contributed by atoms with E-state index in [1.165, 1.54) is 5.56 Å². The fourth-order valence-corrected chi connectivity index (χ4v) is 6.00. The van der Waals surface area contributed by atoms with Crippen LogP contribution >= 0.6 is 7.37 Å². The Kier molecular flexibility index (Phi) is 7.59. The Morgan fingerprint density at radius 2 is 1.45 bits per heavy atom. The van der Waals surface area contributed by atoms with Gasteiger partial charge in [-0.15, -0.1) is 0 Å². The van der Waals surface area contributed by atoms with Gasteiger partial charge in [0.05, 0.1) is 6.61 Å². The summed E-state index contributed by atoms with van der Waals surface area (Å²) in [6.07, 6.45) is 0. The number of benzene rings is 3. The average molecular weight is 437 g/mol. The number of para-hydroxylation sites is 1. The highest BCUT2D eigenvalue weighted by molar-refractivity contribution is 7.67. The Balaban J connectivity index is 2.09. The van der Waals surface area contributed by atoms with Crippen LogP contribution in [0.4, 0.5) is 11.4 Å². The van der Waals surface area contributed by atoms with Gasteiger partial charge in [0.15, 0.2) is 0 Å². The van der Waals surface area contributed by atoms with Gasteiger partial charge in [0.25, 0.3) is 7.37 Å². The van der Waals surface area contributed by atoms with E-state index in [0.717, 1.165) is 16.9 Å². The molecular weight excluding hydrogens is 403 g/mol. The maximum Gasteiger partial charge on any atom is 0.258 e. The summed E-state index contributed by atoms with van der Waals surface area (Å²) >= 11 is 0. The fourth-order valence-electron chi connectivity index (χ4n) is 3.57. The van der Waals surface area contributed by atoms with Gasteiger partial charge in [-0.05, 0) is 60.4 Å². The molecule has 3 rings (SSSR count). The molecule has 0 bridgehead atoms. The summed E-state index contributed by atoms with van der Waals surface area (Å²) in [5.74, 6) is -0.0619. The number of hydrogen-bond acceptors (Lipinski definition) is 4. The predicted molar refractivity (Wildman–Crippen MR) is 133 cm³/mol. The van der Waals surface area contributed by atoms with Crippen LogP contribution < -0.4 is 15.5 Å². The molecule has 0 aliphatic carbocycles. The maximum absolute atomic E-state index is 14.5. The van der Waals surface area contributed by atoms with Gasteiger partial charge in [-0.2, -0.15) is 0 Å². The van der Waals surface area contributed by atoms with Crippen LogP contribution in [0.1, 0.15) is 43.6 Å². The molecule has 0 heterocycles. The molecular formula is C26H33N2O2P. The molecule has 164 valence electrons. The quantitative estimate of drug-likeness (QED) is 0.383. The third-order valence-electron chi connectivity index (χ3n) is 5.38. The highest BCUT2D eigenvalue weighted by Gasteiger charge is 2.37. The van der Waals surface area contributed by atoms with Crippen molar-refractivity contribution >= 4 is 24.0 Å². The summed E-state index contributed by atoms with van der Waals surface area (Å²) in [5, 5.41) is 4.22. The van der Waals surface area contributed by atoms with E-state index in [4.69, 9.17) is 4.52 Å². The van der Waals surface area contributed by atoms with Gasteiger partial charge < -0.3 is 14.7 Å². The van der Waals surface area contributed by atoms with Gasteiger partial charge in [-0.3, -0.25) is 4.57 Å². The van der Waals surface area contributed by atoms with Crippen molar-refractivity contribution in [3.05, 3.63) is 90.0 Å². The van der Waals surface area contributed by atoms with Crippen LogP contribution in [0.5, 0.6) is 0 Å². The van der Waals surface area contributed by atoms with Gasteiger partial charge in [0.1, 0.15) is 5.78 Å². The Labute approximate surface area is 186 Å². The van der Waals surface area contributed by atoms with E-state index < -0.39 is 13.2 Å². The van der Waals surface area contributed by atoms with E-state index >= 15 is 0 Å². The molecule has 0 spiro atoms. The van der Waals surface area contributed by atoms with E-state index in [9.17, 15) is 4.57 Å². The Hall–Kier alpha value is -2.55. The molecule has 5 heteroatoms. The molecule has 0 aromatic heterocycles. The van der Waals surface area contributed by atoms with Crippen molar-refractivity contribution in [1.82, 2.24) is 0 Å². The Morgan fingerprint density at radius 3 is 1.97 bits per heavy atom. The summed E-state index contributed by atoms with van der Waals surface area (Å²) < 4.78 is 20.6. The normalized spacial score (nSPS) is 14.1. The van der Waals surface area contributed by atoms with Crippen molar-refractivity contribution in [2.75, 3.05) is 30.9 Å². The summed E-state index contributed by atoms with van der Waals surface area (Å²) in [6, 6.07) is 26.1. The first-order chi connectivity index (χ1) is 14.8. The van der Waals surface area contributed by atoms with Crippen molar-refractivity contribution < 1.29 is 9.09 Å². The Bertz CT molecular complexity index is 1000. The Morgan fingerprint density at radius 1 is 0.871 bits per heavy atom. The van der Waals surface area contributed by atoms with Crippen LogP contribution in [-0.4, -0.2) is 20.7 Å². The molecule has 0 radical (unpaired) electrons. The van der Waals surface area contributed by atoms with Crippen LogP contribution in [0.25, 0.3) is 0 Å². The van der Waals surface area contributed by atoms with Crippen molar-refractivity contribution in [1.29, 1.82) is 0 Å². The van der Waals surface area contributed by atoms with Crippen molar-refractivity contribution in [3.8, 4) is 0 Å². The SMILES string of the molecule is CCO[P@](=O)(c1ccc(N(C)C)cc1)[C@H](Nc1ccccc1)c1ccc(C(C)C)cc1. The molecule has 31 heavy (non-hydrogen) atoms. The van der Waals surface area contributed by atoms with E-state index in [1.807, 2.05) is 80.5 Å². The predicted octanol–water partition coefficient (Wildman–Crippen LogP) is 6.63. The number of nitrogens with zero attached hydrogens (tertiary/aromatic N) is 1. The number of nitrogens with one attached hydrogen (secondary N) is 1. The van der Waals surface area contributed by atoms with Crippen molar-refractivity contribution in [3.63, 3.8) is 0 Å². The first-order valence-corrected chi connectivity index (χ1v) is 12.5. The zero-order valence-electron chi connectivity index (χ0n) is 19.1. The van der Waals surface area contributed by atoms with Crippen LogP contribution in [0.2, 0.25) is 0 Å². The maximum atomic E-state index is 14.5. The van der Waals surface area contributed by atoms with Gasteiger partial charge in [-0.25, -0.2) is 0 Å². The minimum atomic E-state index is -3.29. The molecule has 0 fully saturated rings.